The Labute approximate surface area is 178 Å². The molecule has 0 aromatic heterocycles. The minimum Gasteiger partial charge on any atom is -0.489 e. The van der Waals surface area contributed by atoms with Crippen LogP contribution in [-0.4, -0.2) is 28.3 Å². The second-order valence-electron chi connectivity index (χ2n) is 8.97. The van der Waals surface area contributed by atoms with Gasteiger partial charge >= 0.3 is 12.2 Å². The van der Waals surface area contributed by atoms with E-state index in [0.717, 1.165) is 16.0 Å². The summed E-state index contributed by atoms with van der Waals surface area (Å²) in [6, 6.07) is 17.1. The number of imide groups is 1. The third kappa shape index (κ3) is 8.15. The molecule has 0 spiro atoms. The van der Waals surface area contributed by atoms with E-state index in [1.165, 1.54) is 0 Å². The molecule has 0 N–H and O–H groups in total. The lowest BCUT2D eigenvalue weighted by atomic mass is 10.2. The molecule has 0 radical (unpaired) electrons. The highest BCUT2D eigenvalue weighted by atomic mass is 16.6. The minimum absolute atomic E-state index is 0.00631. The van der Waals surface area contributed by atoms with Crippen LogP contribution in [0.3, 0.4) is 0 Å². The average Bonchev–Trinajstić information content (AvgIpc) is 2.62. The van der Waals surface area contributed by atoms with Crippen LogP contribution < -0.4 is 4.74 Å². The van der Waals surface area contributed by atoms with Crippen LogP contribution in [0.5, 0.6) is 5.75 Å². The minimum atomic E-state index is -0.757. The van der Waals surface area contributed by atoms with Gasteiger partial charge in [0, 0.05) is 0 Å². The normalized spacial score (nSPS) is 11.5. The van der Waals surface area contributed by atoms with E-state index in [2.05, 4.69) is 0 Å². The van der Waals surface area contributed by atoms with E-state index < -0.39 is 23.4 Å². The average molecular weight is 414 g/mol. The molecule has 0 aliphatic heterocycles. The second-order valence-corrected chi connectivity index (χ2v) is 8.97. The lowest BCUT2D eigenvalue weighted by molar-refractivity contribution is -0.000266. The predicted molar refractivity (Wildman–Crippen MR) is 115 cm³/mol. The summed E-state index contributed by atoms with van der Waals surface area (Å²) in [5.74, 6) is 0.643. The van der Waals surface area contributed by atoms with Crippen molar-refractivity contribution in [1.82, 2.24) is 4.90 Å². The van der Waals surface area contributed by atoms with Crippen LogP contribution in [-0.2, 0) is 22.6 Å². The summed E-state index contributed by atoms with van der Waals surface area (Å²) in [6.07, 6.45) is -1.51. The molecule has 2 rings (SSSR count). The van der Waals surface area contributed by atoms with Crippen LogP contribution in [0.25, 0.3) is 0 Å². The highest BCUT2D eigenvalue weighted by Gasteiger charge is 2.31. The van der Waals surface area contributed by atoms with Gasteiger partial charge in [0.1, 0.15) is 23.6 Å². The Morgan fingerprint density at radius 2 is 1.30 bits per heavy atom. The van der Waals surface area contributed by atoms with Gasteiger partial charge in [-0.2, -0.15) is 0 Å². The molecule has 0 unspecified atom stereocenters. The Morgan fingerprint density at radius 3 is 1.83 bits per heavy atom. The number of carbonyl (C=O) groups is 2. The Bertz CT molecular complexity index is 822. The standard InChI is InChI=1S/C24H31NO5/c1-23(2,3)29-21(26)25(22(27)30-24(4,5)6)16-19-13-10-14-20(15-19)28-17-18-11-8-7-9-12-18/h7-15H,16-17H2,1-6H3. The first-order valence-electron chi connectivity index (χ1n) is 9.92. The van der Waals surface area contributed by atoms with Gasteiger partial charge in [-0.3, -0.25) is 0 Å². The summed E-state index contributed by atoms with van der Waals surface area (Å²) in [5.41, 5.74) is 0.292. The number of benzene rings is 2. The van der Waals surface area contributed by atoms with Gasteiger partial charge in [0.15, 0.2) is 0 Å². The molecule has 2 aromatic carbocycles. The third-order valence-electron chi connectivity index (χ3n) is 3.72. The van der Waals surface area contributed by atoms with Crippen molar-refractivity contribution in [3.05, 3.63) is 65.7 Å². The summed E-state index contributed by atoms with van der Waals surface area (Å²) >= 11 is 0. The highest BCUT2D eigenvalue weighted by molar-refractivity contribution is 5.88. The Hall–Kier alpha value is -3.02. The smallest absolute Gasteiger partial charge is 0.420 e. The molecule has 6 nitrogen and oxygen atoms in total. The van der Waals surface area contributed by atoms with Gasteiger partial charge in [0.25, 0.3) is 0 Å². The maximum Gasteiger partial charge on any atom is 0.420 e. The fourth-order valence-electron chi connectivity index (χ4n) is 2.49. The number of hydrogen-bond donors (Lipinski definition) is 0. The maximum absolute atomic E-state index is 12.7. The molecule has 0 saturated carbocycles. The van der Waals surface area contributed by atoms with E-state index in [4.69, 9.17) is 14.2 Å². The van der Waals surface area contributed by atoms with Crippen molar-refractivity contribution >= 4 is 12.2 Å². The highest BCUT2D eigenvalue weighted by Crippen LogP contribution is 2.20. The molecule has 0 aliphatic carbocycles. The summed E-state index contributed by atoms with van der Waals surface area (Å²) in [7, 11) is 0. The van der Waals surface area contributed by atoms with E-state index in [1.807, 2.05) is 48.5 Å². The predicted octanol–water partition coefficient (Wildman–Crippen LogP) is 5.94. The van der Waals surface area contributed by atoms with Gasteiger partial charge in [-0.05, 0) is 64.8 Å². The van der Waals surface area contributed by atoms with Crippen molar-refractivity contribution in [3.63, 3.8) is 0 Å². The van der Waals surface area contributed by atoms with E-state index in [-0.39, 0.29) is 6.54 Å². The van der Waals surface area contributed by atoms with E-state index in [9.17, 15) is 9.59 Å². The van der Waals surface area contributed by atoms with Gasteiger partial charge in [-0.25, -0.2) is 14.5 Å². The Morgan fingerprint density at radius 1 is 0.767 bits per heavy atom. The van der Waals surface area contributed by atoms with Gasteiger partial charge < -0.3 is 14.2 Å². The van der Waals surface area contributed by atoms with Crippen LogP contribution in [0.1, 0.15) is 52.7 Å². The molecule has 0 aliphatic rings. The van der Waals surface area contributed by atoms with Crippen molar-refractivity contribution < 1.29 is 23.8 Å². The lowest BCUT2D eigenvalue weighted by Crippen LogP contribution is -2.43. The molecule has 30 heavy (non-hydrogen) atoms. The number of amides is 2. The second kappa shape index (κ2) is 9.65. The summed E-state index contributed by atoms with van der Waals surface area (Å²) in [4.78, 5) is 26.3. The van der Waals surface area contributed by atoms with Crippen LogP contribution in [0.15, 0.2) is 54.6 Å². The fourth-order valence-corrected chi connectivity index (χ4v) is 2.49. The van der Waals surface area contributed by atoms with Crippen LogP contribution in [0.2, 0.25) is 0 Å². The molecular weight excluding hydrogens is 382 g/mol. The number of hydrogen-bond acceptors (Lipinski definition) is 5. The number of nitrogens with zero attached hydrogens (tertiary/aromatic N) is 1. The van der Waals surface area contributed by atoms with E-state index in [1.54, 1.807) is 47.6 Å². The summed E-state index contributed by atoms with van der Waals surface area (Å²) in [5, 5.41) is 0. The molecule has 0 atom stereocenters. The molecule has 6 heteroatoms. The van der Waals surface area contributed by atoms with Gasteiger partial charge in [-0.15, -0.1) is 0 Å². The zero-order valence-electron chi connectivity index (χ0n) is 18.6. The topological polar surface area (TPSA) is 65.1 Å². The molecule has 0 saturated heterocycles. The Kier molecular flexibility index (Phi) is 7.48. The number of rotatable bonds is 5. The molecule has 2 aromatic rings. The molecule has 0 bridgehead atoms. The van der Waals surface area contributed by atoms with E-state index >= 15 is 0 Å². The van der Waals surface area contributed by atoms with Gasteiger partial charge in [0.05, 0.1) is 6.54 Å². The lowest BCUT2D eigenvalue weighted by Gasteiger charge is -2.28. The monoisotopic (exact) mass is 413 g/mol. The first kappa shape index (κ1) is 23.3. The van der Waals surface area contributed by atoms with Crippen LogP contribution in [0, 0.1) is 0 Å². The van der Waals surface area contributed by atoms with E-state index in [0.29, 0.717) is 12.4 Å². The molecule has 0 fully saturated rings. The largest absolute Gasteiger partial charge is 0.489 e. The summed E-state index contributed by atoms with van der Waals surface area (Å²) in [6.45, 7) is 10.9. The third-order valence-corrected chi connectivity index (χ3v) is 3.72. The zero-order chi connectivity index (χ0) is 22.4. The van der Waals surface area contributed by atoms with Crippen molar-refractivity contribution in [2.24, 2.45) is 0 Å². The van der Waals surface area contributed by atoms with Crippen LogP contribution in [0.4, 0.5) is 9.59 Å². The molecule has 2 amide bonds. The van der Waals surface area contributed by atoms with Crippen molar-refractivity contribution in [2.75, 3.05) is 0 Å². The first-order chi connectivity index (χ1) is 13.9. The SMILES string of the molecule is CC(C)(C)OC(=O)N(Cc1cccc(OCc2ccccc2)c1)C(=O)OC(C)(C)C. The molecular formula is C24H31NO5. The molecule has 162 valence electrons. The first-order valence-corrected chi connectivity index (χ1v) is 9.92. The van der Waals surface area contributed by atoms with Gasteiger partial charge in [-0.1, -0.05) is 42.5 Å². The Balaban J connectivity index is 2.15. The van der Waals surface area contributed by atoms with Crippen molar-refractivity contribution in [1.29, 1.82) is 0 Å². The summed E-state index contributed by atoms with van der Waals surface area (Å²) < 4.78 is 16.6. The number of ether oxygens (including phenoxy) is 3. The number of carbonyl (C=O) groups excluding carboxylic acids is 2. The quantitative estimate of drug-likeness (QED) is 0.607. The molecule has 0 heterocycles. The van der Waals surface area contributed by atoms with Crippen molar-refractivity contribution in [2.45, 2.75) is 65.9 Å². The van der Waals surface area contributed by atoms with Crippen LogP contribution >= 0.6 is 0 Å². The van der Waals surface area contributed by atoms with Crippen molar-refractivity contribution in [3.8, 4) is 5.75 Å². The maximum atomic E-state index is 12.7. The zero-order valence-corrected chi connectivity index (χ0v) is 18.6. The van der Waals surface area contributed by atoms with Gasteiger partial charge in [0.2, 0.25) is 0 Å². The fraction of sp³-hybridized carbons (Fsp3) is 0.417.